The second-order valence-corrected chi connectivity index (χ2v) is 9.68. The molecule has 170 valence electrons. The van der Waals surface area contributed by atoms with E-state index in [1.165, 1.54) is 23.1 Å². The third-order valence-corrected chi connectivity index (χ3v) is 6.85. The molecule has 2 aromatic heterocycles. The summed E-state index contributed by atoms with van der Waals surface area (Å²) in [5.41, 5.74) is 2.10. The van der Waals surface area contributed by atoms with Gasteiger partial charge in [0.1, 0.15) is 5.75 Å². The molecule has 1 N–H and O–H groups in total. The third-order valence-electron chi connectivity index (χ3n) is 4.55. The second-order valence-electron chi connectivity index (χ2n) is 7.05. The Bertz CT molecular complexity index is 1190. The van der Waals surface area contributed by atoms with E-state index < -0.39 is 5.91 Å². The van der Waals surface area contributed by atoms with Gasteiger partial charge < -0.3 is 9.26 Å². The fourth-order valence-corrected chi connectivity index (χ4v) is 4.60. The van der Waals surface area contributed by atoms with E-state index in [2.05, 4.69) is 27.6 Å². The lowest BCUT2D eigenvalue weighted by Gasteiger charge is -2.05. The average Bonchev–Trinajstić information content (AvgIpc) is 3.49. The van der Waals surface area contributed by atoms with Gasteiger partial charge >= 0.3 is 0 Å². The van der Waals surface area contributed by atoms with Gasteiger partial charge in [0.25, 0.3) is 5.91 Å². The maximum absolute atomic E-state index is 12.5. The minimum Gasteiger partial charge on any atom is -0.494 e. The highest BCUT2D eigenvalue weighted by molar-refractivity contribution is 8.00. The number of ether oxygens (including phenoxy) is 1. The van der Waals surface area contributed by atoms with Gasteiger partial charge in [0.2, 0.25) is 5.13 Å². The van der Waals surface area contributed by atoms with Crippen LogP contribution in [0, 0.1) is 0 Å². The Kier molecular flexibility index (Phi) is 7.98. The fourth-order valence-electron chi connectivity index (χ4n) is 2.77. The number of unbranched alkanes of at least 4 members (excludes halogenated alkanes) is 1. The Balaban J connectivity index is 1.32. The predicted molar refractivity (Wildman–Crippen MR) is 131 cm³/mol. The van der Waals surface area contributed by atoms with Crippen molar-refractivity contribution in [3.8, 4) is 17.1 Å². The van der Waals surface area contributed by atoms with Gasteiger partial charge in [-0.2, -0.15) is 0 Å². The van der Waals surface area contributed by atoms with Crippen molar-refractivity contribution in [3.63, 3.8) is 0 Å². The molecule has 4 aromatic rings. The first-order chi connectivity index (χ1) is 16.1. The van der Waals surface area contributed by atoms with Crippen LogP contribution in [0.1, 0.15) is 35.8 Å². The molecule has 0 atom stereocenters. The summed E-state index contributed by atoms with van der Waals surface area (Å²) in [5.74, 6) is 1.62. The summed E-state index contributed by atoms with van der Waals surface area (Å²) >= 11 is 8.75. The molecule has 0 bridgehead atoms. The highest BCUT2D eigenvalue weighted by Gasteiger charge is 2.16. The van der Waals surface area contributed by atoms with Gasteiger partial charge in [-0.3, -0.25) is 10.1 Å². The molecule has 33 heavy (non-hydrogen) atoms. The lowest BCUT2D eigenvalue weighted by Crippen LogP contribution is -2.11. The van der Waals surface area contributed by atoms with Crippen LogP contribution in [-0.4, -0.2) is 27.9 Å². The molecule has 4 rings (SSSR count). The van der Waals surface area contributed by atoms with Gasteiger partial charge in [-0.25, -0.2) is 0 Å². The maximum Gasteiger partial charge on any atom is 0.279 e. The quantitative estimate of drug-likeness (QED) is 0.149. The van der Waals surface area contributed by atoms with Crippen LogP contribution in [0.5, 0.6) is 5.75 Å². The van der Waals surface area contributed by atoms with E-state index in [-0.39, 0.29) is 5.69 Å². The lowest BCUT2D eigenvalue weighted by molar-refractivity contribution is 0.101. The molecule has 0 saturated heterocycles. The molecule has 0 spiro atoms. The van der Waals surface area contributed by atoms with Gasteiger partial charge in [0.15, 0.2) is 15.8 Å². The summed E-state index contributed by atoms with van der Waals surface area (Å²) in [5, 5.41) is 15.9. The molecule has 0 saturated carbocycles. The van der Waals surface area contributed by atoms with Crippen LogP contribution in [0.25, 0.3) is 11.3 Å². The van der Waals surface area contributed by atoms with E-state index in [9.17, 15) is 4.79 Å². The van der Waals surface area contributed by atoms with E-state index in [4.69, 9.17) is 20.9 Å². The molecular weight excluding hydrogens is 480 g/mol. The van der Waals surface area contributed by atoms with E-state index >= 15 is 0 Å². The van der Waals surface area contributed by atoms with Gasteiger partial charge in [0, 0.05) is 22.4 Å². The SMILES string of the molecule is CCCCOc1ccc(-c2cc(C(=O)Nc3nnc(SCc4ccc(Cl)cc4)s3)no2)cc1. The monoisotopic (exact) mass is 500 g/mol. The van der Waals surface area contributed by atoms with Crippen molar-refractivity contribution in [2.24, 2.45) is 0 Å². The largest absolute Gasteiger partial charge is 0.494 e. The number of rotatable bonds is 10. The number of nitrogens with zero attached hydrogens (tertiary/aromatic N) is 3. The number of halogens is 1. The number of amides is 1. The van der Waals surface area contributed by atoms with Crippen molar-refractivity contribution in [3.05, 3.63) is 70.9 Å². The van der Waals surface area contributed by atoms with Crippen molar-refractivity contribution in [1.29, 1.82) is 0 Å². The summed E-state index contributed by atoms with van der Waals surface area (Å²) in [4.78, 5) is 12.5. The van der Waals surface area contributed by atoms with Gasteiger partial charge in [-0.05, 0) is 48.4 Å². The Morgan fingerprint density at radius 3 is 2.70 bits per heavy atom. The average molecular weight is 501 g/mol. The first kappa shape index (κ1) is 23.3. The van der Waals surface area contributed by atoms with Crippen LogP contribution in [0.2, 0.25) is 5.02 Å². The molecule has 0 aliphatic carbocycles. The molecule has 0 aliphatic heterocycles. The summed E-state index contributed by atoms with van der Waals surface area (Å²) in [6.45, 7) is 2.81. The molecular formula is C23H21ClN4O3S2. The Morgan fingerprint density at radius 2 is 1.94 bits per heavy atom. The Labute approximate surface area is 204 Å². The van der Waals surface area contributed by atoms with Crippen LogP contribution in [0.15, 0.2) is 63.5 Å². The molecule has 0 unspecified atom stereocenters. The van der Waals surface area contributed by atoms with Gasteiger partial charge in [0.05, 0.1) is 6.61 Å². The molecule has 7 nitrogen and oxygen atoms in total. The highest BCUT2D eigenvalue weighted by atomic mass is 35.5. The lowest BCUT2D eigenvalue weighted by atomic mass is 10.1. The van der Waals surface area contributed by atoms with E-state index in [0.29, 0.717) is 22.5 Å². The number of benzene rings is 2. The van der Waals surface area contributed by atoms with Gasteiger partial charge in [-0.1, -0.05) is 65.3 Å². The van der Waals surface area contributed by atoms with Gasteiger partial charge in [-0.15, -0.1) is 10.2 Å². The molecule has 0 radical (unpaired) electrons. The number of aromatic nitrogens is 3. The normalized spacial score (nSPS) is 10.8. The molecule has 1 amide bonds. The first-order valence-electron chi connectivity index (χ1n) is 10.3. The van der Waals surface area contributed by atoms with Crippen LogP contribution in [0.3, 0.4) is 0 Å². The molecule has 0 fully saturated rings. The van der Waals surface area contributed by atoms with Crippen molar-refractivity contribution in [2.75, 3.05) is 11.9 Å². The first-order valence-corrected chi connectivity index (χ1v) is 12.5. The van der Waals surface area contributed by atoms with Crippen LogP contribution < -0.4 is 10.1 Å². The van der Waals surface area contributed by atoms with E-state index in [1.807, 2.05) is 48.5 Å². The second kappa shape index (κ2) is 11.3. The topological polar surface area (TPSA) is 90.1 Å². The molecule has 2 aromatic carbocycles. The highest BCUT2D eigenvalue weighted by Crippen LogP contribution is 2.29. The standard InChI is InChI=1S/C23H21ClN4O3S2/c1-2-3-12-30-18-10-6-16(7-11-18)20-13-19(28-31-20)21(29)25-22-26-27-23(33-22)32-14-15-4-8-17(24)9-5-15/h4-11,13H,2-3,12,14H2,1H3,(H,25,26,29). The summed E-state index contributed by atoms with van der Waals surface area (Å²) in [6, 6.07) is 16.7. The zero-order valence-electron chi connectivity index (χ0n) is 17.8. The summed E-state index contributed by atoms with van der Waals surface area (Å²) in [7, 11) is 0. The van der Waals surface area contributed by atoms with Crippen LogP contribution in [0.4, 0.5) is 5.13 Å². The number of carbonyl (C=O) groups is 1. The van der Waals surface area contributed by atoms with Crippen LogP contribution in [-0.2, 0) is 5.75 Å². The number of thioether (sulfide) groups is 1. The Morgan fingerprint density at radius 1 is 1.15 bits per heavy atom. The minimum atomic E-state index is -0.407. The summed E-state index contributed by atoms with van der Waals surface area (Å²) in [6.07, 6.45) is 2.10. The number of anilines is 1. The smallest absolute Gasteiger partial charge is 0.279 e. The molecule has 2 heterocycles. The van der Waals surface area contributed by atoms with Crippen molar-refractivity contribution in [1.82, 2.24) is 15.4 Å². The molecule has 0 aliphatic rings. The van der Waals surface area contributed by atoms with E-state index in [0.717, 1.165) is 39.8 Å². The van der Waals surface area contributed by atoms with Crippen molar-refractivity contribution >= 4 is 45.7 Å². The van der Waals surface area contributed by atoms with Crippen molar-refractivity contribution in [2.45, 2.75) is 29.9 Å². The van der Waals surface area contributed by atoms with Crippen molar-refractivity contribution < 1.29 is 14.1 Å². The molecule has 10 heteroatoms. The fraction of sp³-hybridized carbons (Fsp3) is 0.217. The summed E-state index contributed by atoms with van der Waals surface area (Å²) < 4.78 is 11.8. The van der Waals surface area contributed by atoms with E-state index in [1.54, 1.807) is 6.07 Å². The number of hydrogen-bond acceptors (Lipinski definition) is 8. The third kappa shape index (κ3) is 6.56. The van der Waals surface area contributed by atoms with Crippen LogP contribution >= 0.6 is 34.7 Å². The minimum absolute atomic E-state index is 0.166. The number of carbonyl (C=O) groups excluding carboxylic acids is 1. The zero-order valence-corrected chi connectivity index (χ0v) is 20.2. The number of nitrogens with one attached hydrogen (secondary N) is 1. The number of hydrogen-bond donors (Lipinski definition) is 1. The Hall–Kier alpha value is -2.88. The predicted octanol–water partition coefficient (Wildman–Crippen LogP) is 6.57. The zero-order chi connectivity index (χ0) is 23.0. The maximum atomic E-state index is 12.5.